The van der Waals surface area contributed by atoms with Gasteiger partial charge < -0.3 is 15.6 Å². The fourth-order valence-corrected chi connectivity index (χ4v) is 1.35. The fraction of sp³-hybridized carbons (Fsp3) is 0.417. The van der Waals surface area contributed by atoms with Crippen molar-refractivity contribution in [3.05, 3.63) is 29.3 Å². The van der Waals surface area contributed by atoms with Crippen LogP contribution in [0.4, 0.5) is 0 Å². The molecule has 0 aliphatic carbocycles. The maximum absolute atomic E-state index is 10.9. The molecule has 0 fully saturated rings. The Kier molecular flexibility index (Phi) is 3.90. The van der Waals surface area contributed by atoms with E-state index in [1.54, 1.807) is 19.9 Å². The molecule has 0 radical (unpaired) electrons. The molecule has 1 aromatic rings. The largest absolute Gasteiger partial charge is 0.481 e. The van der Waals surface area contributed by atoms with Gasteiger partial charge in [-0.3, -0.25) is 4.79 Å². The van der Waals surface area contributed by atoms with Gasteiger partial charge in [-0.1, -0.05) is 11.6 Å². The van der Waals surface area contributed by atoms with E-state index in [4.69, 9.17) is 10.5 Å². The Morgan fingerprint density at radius 1 is 1.44 bits per heavy atom. The summed E-state index contributed by atoms with van der Waals surface area (Å²) in [6.45, 7) is 5.15. The van der Waals surface area contributed by atoms with Crippen molar-refractivity contribution in [2.45, 2.75) is 33.0 Å². The van der Waals surface area contributed by atoms with E-state index in [0.717, 1.165) is 5.56 Å². The number of hydrogen-bond donors (Lipinski definition) is 2. The van der Waals surface area contributed by atoms with Crippen molar-refractivity contribution < 1.29 is 14.6 Å². The normalized spacial score (nSPS) is 14.2. The van der Waals surface area contributed by atoms with Gasteiger partial charge in [0.15, 0.2) is 6.10 Å². The number of primary amides is 1. The number of carbonyl (C=O) groups is 1. The Hall–Kier alpha value is -1.55. The third-order valence-corrected chi connectivity index (χ3v) is 2.32. The molecule has 1 amide bonds. The first kappa shape index (κ1) is 12.5. The number of nitrogens with two attached hydrogens (primary N) is 1. The number of aliphatic hydroxyl groups is 1. The number of rotatable bonds is 4. The van der Waals surface area contributed by atoms with Gasteiger partial charge in [0, 0.05) is 5.56 Å². The highest BCUT2D eigenvalue weighted by Crippen LogP contribution is 2.26. The van der Waals surface area contributed by atoms with Crippen LogP contribution in [0.25, 0.3) is 0 Å². The first-order chi connectivity index (χ1) is 7.41. The van der Waals surface area contributed by atoms with Gasteiger partial charge in [0.05, 0.1) is 6.10 Å². The minimum absolute atomic E-state index is 0.493. The van der Waals surface area contributed by atoms with Crippen LogP contribution in [0.2, 0.25) is 0 Å². The Balaban J connectivity index is 2.99. The van der Waals surface area contributed by atoms with Gasteiger partial charge in [0.1, 0.15) is 5.75 Å². The van der Waals surface area contributed by atoms with E-state index in [1.165, 1.54) is 0 Å². The van der Waals surface area contributed by atoms with Crippen molar-refractivity contribution in [3.63, 3.8) is 0 Å². The molecule has 3 N–H and O–H groups in total. The van der Waals surface area contributed by atoms with Gasteiger partial charge in [0.25, 0.3) is 5.91 Å². The maximum atomic E-state index is 10.9. The van der Waals surface area contributed by atoms with Gasteiger partial charge >= 0.3 is 0 Å². The molecule has 0 saturated carbocycles. The second-order valence-corrected chi connectivity index (χ2v) is 3.88. The Labute approximate surface area is 95.0 Å². The van der Waals surface area contributed by atoms with Gasteiger partial charge in [-0.05, 0) is 32.9 Å². The van der Waals surface area contributed by atoms with Crippen LogP contribution in [0.3, 0.4) is 0 Å². The van der Waals surface area contributed by atoms with Crippen molar-refractivity contribution >= 4 is 5.91 Å². The van der Waals surface area contributed by atoms with Crippen LogP contribution in [-0.4, -0.2) is 17.1 Å². The first-order valence-electron chi connectivity index (χ1n) is 5.16. The number of aryl methyl sites for hydroxylation is 1. The van der Waals surface area contributed by atoms with Crippen molar-refractivity contribution in [1.82, 2.24) is 0 Å². The van der Waals surface area contributed by atoms with E-state index >= 15 is 0 Å². The fourth-order valence-electron chi connectivity index (χ4n) is 1.35. The Morgan fingerprint density at radius 3 is 2.56 bits per heavy atom. The molecule has 0 aliphatic rings. The zero-order valence-corrected chi connectivity index (χ0v) is 9.73. The van der Waals surface area contributed by atoms with Crippen LogP contribution < -0.4 is 10.5 Å². The van der Waals surface area contributed by atoms with Crippen molar-refractivity contribution in [3.8, 4) is 5.75 Å². The summed E-state index contributed by atoms with van der Waals surface area (Å²) in [4.78, 5) is 10.9. The number of carbonyl (C=O) groups excluding carboxylic acids is 1. The molecule has 0 saturated heterocycles. The third-order valence-electron chi connectivity index (χ3n) is 2.32. The van der Waals surface area contributed by atoms with Crippen LogP contribution in [-0.2, 0) is 4.79 Å². The molecule has 0 bridgehead atoms. The second kappa shape index (κ2) is 4.99. The number of benzene rings is 1. The van der Waals surface area contributed by atoms with Gasteiger partial charge in [0.2, 0.25) is 0 Å². The predicted molar refractivity (Wildman–Crippen MR) is 61.1 cm³/mol. The minimum atomic E-state index is -0.708. The van der Waals surface area contributed by atoms with Gasteiger partial charge in [-0.25, -0.2) is 0 Å². The third kappa shape index (κ3) is 2.97. The van der Waals surface area contributed by atoms with Gasteiger partial charge in [-0.2, -0.15) is 0 Å². The molecule has 4 heteroatoms. The highest BCUT2D eigenvalue weighted by Gasteiger charge is 2.15. The quantitative estimate of drug-likeness (QED) is 0.808. The molecule has 0 spiro atoms. The molecule has 0 aliphatic heterocycles. The van der Waals surface area contributed by atoms with Crippen LogP contribution in [0.5, 0.6) is 5.75 Å². The molecular weight excluding hydrogens is 206 g/mol. The lowest BCUT2D eigenvalue weighted by Crippen LogP contribution is -2.31. The molecule has 88 valence electrons. The smallest absolute Gasteiger partial charge is 0.258 e. The monoisotopic (exact) mass is 223 g/mol. The van der Waals surface area contributed by atoms with Gasteiger partial charge in [-0.15, -0.1) is 0 Å². The molecule has 1 rings (SSSR count). The van der Waals surface area contributed by atoms with E-state index in [1.807, 2.05) is 19.1 Å². The molecule has 1 unspecified atom stereocenters. The van der Waals surface area contributed by atoms with Crippen LogP contribution in [0, 0.1) is 6.92 Å². The average molecular weight is 223 g/mol. The summed E-state index contributed by atoms with van der Waals surface area (Å²) in [5, 5.41) is 9.58. The lowest BCUT2D eigenvalue weighted by atomic mass is 10.1. The molecule has 1 aromatic carbocycles. The second-order valence-electron chi connectivity index (χ2n) is 3.88. The van der Waals surface area contributed by atoms with E-state index in [2.05, 4.69) is 0 Å². The summed E-state index contributed by atoms with van der Waals surface area (Å²) in [5.74, 6) is -0.0379. The van der Waals surface area contributed by atoms with Crippen LogP contribution in [0.15, 0.2) is 18.2 Å². The summed E-state index contributed by atoms with van der Waals surface area (Å²) < 4.78 is 5.39. The number of hydrogen-bond acceptors (Lipinski definition) is 3. The molecular formula is C12H17NO3. The van der Waals surface area contributed by atoms with Crippen molar-refractivity contribution in [2.24, 2.45) is 5.73 Å². The summed E-state index contributed by atoms with van der Waals surface area (Å²) in [5.41, 5.74) is 6.80. The zero-order chi connectivity index (χ0) is 12.3. The average Bonchev–Trinajstić information content (AvgIpc) is 2.20. The molecule has 4 nitrogen and oxygen atoms in total. The highest BCUT2D eigenvalue weighted by atomic mass is 16.5. The summed E-state index contributed by atoms with van der Waals surface area (Å²) in [6.07, 6.45) is -1.35. The topological polar surface area (TPSA) is 72.5 Å². The number of amides is 1. The van der Waals surface area contributed by atoms with Crippen molar-refractivity contribution in [1.29, 1.82) is 0 Å². The summed E-state index contributed by atoms with van der Waals surface area (Å²) in [7, 11) is 0. The maximum Gasteiger partial charge on any atom is 0.258 e. The first-order valence-corrected chi connectivity index (χ1v) is 5.16. The van der Waals surface area contributed by atoms with E-state index in [-0.39, 0.29) is 0 Å². The Bertz CT molecular complexity index is 388. The SMILES string of the molecule is Cc1ccc(OC(C)C(N)=O)c([C@@H](C)O)c1. The van der Waals surface area contributed by atoms with Crippen LogP contribution >= 0.6 is 0 Å². The van der Waals surface area contributed by atoms with E-state index in [0.29, 0.717) is 11.3 Å². The Morgan fingerprint density at radius 2 is 2.06 bits per heavy atom. The molecule has 0 aromatic heterocycles. The zero-order valence-electron chi connectivity index (χ0n) is 9.73. The lowest BCUT2D eigenvalue weighted by Gasteiger charge is -2.17. The van der Waals surface area contributed by atoms with E-state index < -0.39 is 18.1 Å². The summed E-state index contributed by atoms with van der Waals surface area (Å²) >= 11 is 0. The predicted octanol–water partition coefficient (Wildman–Crippen LogP) is 1.30. The van der Waals surface area contributed by atoms with Crippen LogP contribution in [0.1, 0.15) is 31.1 Å². The lowest BCUT2D eigenvalue weighted by molar-refractivity contribution is -0.124. The molecule has 2 atom stereocenters. The van der Waals surface area contributed by atoms with E-state index in [9.17, 15) is 9.90 Å². The molecule has 0 heterocycles. The number of ether oxygens (including phenoxy) is 1. The molecule has 16 heavy (non-hydrogen) atoms. The van der Waals surface area contributed by atoms with Crippen molar-refractivity contribution in [2.75, 3.05) is 0 Å². The minimum Gasteiger partial charge on any atom is -0.481 e. The summed E-state index contributed by atoms with van der Waals surface area (Å²) in [6, 6.07) is 5.42. The number of aliphatic hydroxyl groups excluding tert-OH is 1. The highest BCUT2D eigenvalue weighted by molar-refractivity contribution is 5.78. The standard InChI is InChI=1S/C12H17NO3/c1-7-4-5-11(10(6-7)8(2)14)16-9(3)12(13)15/h4-6,8-9,14H,1-3H3,(H2,13,15)/t8-,9?/m1/s1.